The molecule has 2 aromatic rings. The normalized spacial score (nSPS) is 20.3. The first-order valence-electron chi connectivity index (χ1n) is 8.38. The van der Waals surface area contributed by atoms with Gasteiger partial charge in [0.1, 0.15) is 0 Å². The molecule has 2 nitrogen and oxygen atoms in total. The molecule has 2 heteroatoms. The maximum Gasteiger partial charge on any atom is 0.0752 e. The number of aliphatic imine (C=N–C) groups is 1. The lowest BCUT2D eigenvalue weighted by atomic mass is 9.88. The zero-order valence-corrected chi connectivity index (χ0v) is 12.9. The Hall–Kier alpha value is -2.09. The van der Waals surface area contributed by atoms with Crippen molar-refractivity contribution >= 4 is 11.9 Å². The molecule has 0 bridgehead atoms. The van der Waals surface area contributed by atoms with Gasteiger partial charge in [-0.3, -0.25) is 4.99 Å². The van der Waals surface area contributed by atoms with Crippen molar-refractivity contribution in [1.29, 1.82) is 0 Å². The first-order chi connectivity index (χ1) is 10.9. The second-order valence-electron chi connectivity index (χ2n) is 6.30. The summed E-state index contributed by atoms with van der Waals surface area (Å²) in [6.07, 6.45) is 8.09. The number of rotatable bonds is 2. The zero-order chi connectivity index (χ0) is 14.8. The Bertz CT molecular complexity index is 703. The molecule has 1 N–H and O–H groups in total. The molecule has 1 aliphatic carbocycles. The van der Waals surface area contributed by atoms with E-state index in [0.29, 0.717) is 6.04 Å². The van der Waals surface area contributed by atoms with Crippen molar-refractivity contribution in [3.05, 3.63) is 64.7 Å². The Labute approximate surface area is 132 Å². The van der Waals surface area contributed by atoms with Crippen molar-refractivity contribution < 1.29 is 0 Å². The highest BCUT2D eigenvalue weighted by molar-refractivity contribution is 5.89. The number of hydrogen-bond donors (Lipinski definition) is 1. The van der Waals surface area contributed by atoms with Crippen LogP contribution in [0.4, 0.5) is 5.69 Å². The van der Waals surface area contributed by atoms with Gasteiger partial charge in [0.25, 0.3) is 0 Å². The van der Waals surface area contributed by atoms with Crippen LogP contribution < -0.4 is 5.32 Å². The minimum atomic E-state index is 0.324. The van der Waals surface area contributed by atoms with E-state index in [0.717, 1.165) is 13.0 Å². The van der Waals surface area contributed by atoms with Gasteiger partial charge in [-0.15, -0.1) is 0 Å². The van der Waals surface area contributed by atoms with Crippen molar-refractivity contribution in [3.63, 3.8) is 0 Å². The van der Waals surface area contributed by atoms with Crippen LogP contribution in [0.3, 0.4) is 0 Å². The van der Waals surface area contributed by atoms with Crippen LogP contribution in [0.15, 0.2) is 47.5 Å². The van der Waals surface area contributed by atoms with Crippen molar-refractivity contribution in [3.8, 4) is 0 Å². The van der Waals surface area contributed by atoms with Gasteiger partial charge in [-0.2, -0.15) is 0 Å². The number of nitrogens with one attached hydrogen (secondary N) is 1. The molecule has 0 saturated carbocycles. The van der Waals surface area contributed by atoms with E-state index in [1.165, 1.54) is 53.6 Å². The summed E-state index contributed by atoms with van der Waals surface area (Å²) in [4.78, 5) is 4.94. The lowest BCUT2D eigenvalue weighted by Gasteiger charge is -2.23. The Morgan fingerprint density at radius 2 is 1.82 bits per heavy atom. The molecule has 0 spiro atoms. The van der Waals surface area contributed by atoms with E-state index in [1.807, 2.05) is 0 Å². The molecular weight excluding hydrogens is 268 g/mol. The number of para-hydroxylation sites is 1. The highest BCUT2D eigenvalue weighted by Gasteiger charge is 2.18. The number of aryl methyl sites for hydroxylation is 2. The van der Waals surface area contributed by atoms with Crippen LogP contribution in [0.1, 0.15) is 47.6 Å². The van der Waals surface area contributed by atoms with Gasteiger partial charge in [-0.05, 0) is 48.8 Å². The SMILES string of the molecule is C(=N\C1CCCc2ccccc21)/c1cccc2c1NCCC2. The molecule has 1 unspecified atom stereocenters. The molecule has 1 aliphatic heterocycles. The van der Waals surface area contributed by atoms with E-state index in [9.17, 15) is 0 Å². The fourth-order valence-corrected chi connectivity index (χ4v) is 3.70. The van der Waals surface area contributed by atoms with Gasteiger partial charge >= 0.3 is 0 Å². The predicted molar refractivity (Wildman–Crippen MR) is 93.0 cm³/mol. The predicted octanol–water partition coefficient (Wildman–Crippen LogP) is 4.54. The van der Waals surface area contributed by atoms with E-state index in [4.69, 9.17) is 4.99 Å². The summed E-state index contributed by atoms with van der Waals surface area (Å²) in [7, 11) is 0. The summed E-state index contributed by atoms with van der Waals surface area (Å²) >= 11 is 0. The zero-order valence-electron chi connectivity index (χ0n) is 12.9. The van der Waals surface area contributed by atoms with E-state index in [1.54, 1.807) is 0 Å². The summed E-state index contributed by atoms with van der Waals surface area (Å²) < 4.78 is 0. The van der Waals surface area contributed by atoms with Crippen molar-refractivity contribution in [2.45, 2.75) is 38.1 Å². The number of hydrogen-bond acceptors (Lipinski definition) is 2. The second kappa shape index (κ2) is 5.96. The third kappa shape index (κ3) is 2.54. The maximum atomic E-state index is 4.94. The summed E-state index contributed by atoms with van der Waals surface area (Å²) in [5, 5.41) is 3.55. The molecule has 0 fully saturated rings. The first-order valence-corrected chi connectivity index (χ1v) is 8.38. The minimum absolute atomic E-state index is 0.324. The Balaban J connectivity index is 1.63. The average molecular weight is 290 g/mol. The largest absolute Gasteiger partial charge is 0.384 e. The molecule has 4 rings (SSSR count). The monoisotopic (exact) mass is 290 g/mol. The molecular formula is C20H22N2. The molecule has 2 aliphatic rings. The molecule has 0 radical (unpaired) electrons. The Kier molecular flexibility index (Phi) is 3.67. The molecule has 0 amide bonds. The van der Waals surface area contributed by atoms with E-state index < -0.39 is 0 Å². The van der Waals surface area contributed by atoms with Crippen LogP contribution in [0.25, 0.3) is 0 Å². The smallest absolute Gasteiger partial charge is 0.0752 e. The first kappa shape index (κ1) is 13.6. The lowest BCUT2D eigenvalue weighted by Crippen LogP contribution is -2.14. The Morgan fingerprint density at radius 1 is 0.955 bits per heavy atom. The van der Waals surface area contributed by atoms with Crippen LogP contribution in [0.2, 0.25) is 0 Å². The third-order valence-corrected chi connectivity index (χ3v) is 4.84. The molecule has 112 valence electrons. The van der Waals surface area contributed by atoms with E-state index in [2.05, 4.69) is 54.0 Å². The maximum absolute atomic E-state index is 4.94. The van der Waals surface area contributed by atoms with Gasteiger partial charge in [-0.1, -0.05) is 42.5 Å². The molecule has 22 heavy (non-hydrogen) atoms. The highest BCUT2D eigenvalue weighted by Crippen LogP contribution is 2.33. The standard InChI is InChI=1S/C20H22N2/c1-2-11-18-15(6-1)7-4-12-19(18)22-14-17-9-3-8-16-10-5-13-21-20(16)17/h1-3,6,8-9,11,14,19,21H,4-5,7,10,12-13H2/b22-14+. The fraction of sp³-hybridized carbons (Fsp3) is 0.350. The molecule has 0 saturated heterocycles. The summed E-state index contributed by atoms with van der Waals surface area (Å²) in [6.45, 7) is 1.07. The fourth-order valence-electron chi connectivity index (χ4n) is 3.70. The summed E-state index contributed by atoms with van der Waals surface area (Å²) in [5.41, 5.74) is 6.85. The summed E-state index contributed by atoms with van der Waals surface area (Å²) in [6, 6.07) is 15.7. The van der Waals surface area contributed by atoms with Crippen LogP contribution in [-0.4, -0.2) is 12.8 Å². The number of fused-ring (bicyclic) bond motifs is 2. The van der Waals surface area contributed by atoms with E-state index >= 15 is 0 Å². The van der Waals surface area contributed by atoms with Gasteiger partial charge < -0.3 is 5.32 Å². The third-order valence-electron chi connectivity index (χ3n) is 4.84. The second-order valence-corrected chi connectivity index (χ2v) is 6.30. The average Bonchev–Trinajstić information content (AvgIpc) is 2.60. The lowest BCUT2D eigenvalue weighted by molar-refractivity contribution is 0.574. The van der Waals surface area contributed by atoms with Crippen molar-refractivity contribution in [1.82, 2.24) is 0 Å². The molecule has 1 atom stereocenters. The van der Waals surface area contributed by atoms with Crippen molar-refractivity contribution in [2.24, 2.45) is 4.99 Å². The quantitative estimate of drug-likeness (QED) is 0.807. The summed E-state index contributed by atoms with van der Waals surface area (Å²) in [5.74, 6) is 0. The van der Waals surface area contributed by atoms with Crippen LogP contribution >= 0.6 is 0 Å². The van der Waals surface area contributed by atoms with Gasteiger partial charge in [0.15, 0.2) is 0 Å². The van der Waals surface area contributed by atoms with Crippen LogP contribution in [0, 0.1) is 0 Å². The van der Waals surface area contributed by atoms with Gasteiger partial charge in [0.05, 0.1) is 6.04 Å². The van der Waals surface area contributed by atoms with Gasteiger partial charge in [0, 0.05) is 24.0 Å². The number of nitrogens with zero attached hydrogens (tertiary/aromatic N) is 1. The Morgan fingerprint density at radius 3 is 2.82 bits per heavy atom. The van der Waals surface area contributed by atoms with E-state index in [-0.39, 0.29) is 0 Å². The molecule has 1 heterocycles. The van der Waals surface area contributed by atoms with Gasteiger partial charge in [-0.25, -0.2) is 0 Å². The van der Waals surface area contributed by atoms with Crippen molar-refractivity contribution in [2.75, 3.05) is 11.9 Å². The number of benzene rings is 2. The molecule has 0 aromatic heterocycles. The topological polar surface area (TPSA) is 24.4 Å². The van der Waals surface area contributed by atoms with Gasteiger partial charge in [0.2, 0.25) is 0 Å². The molecule has 2 aromatic carbocycles. The van der Waals surface area contributed by atoms with Crippen LogP contribution in [0.5, 0.6) is 0 Å². The highest BCUT2D eigenvalue weighted by atomic mass is 14.9. The number of anilines is 1. The minimum Gasteiger partial charge on any atom is -0.384 e. The van der Waals surface area contributed by atoms with Crippen LogP contribution in [-0.2, 0) is 12.8 Å².